The van der Waals surface area contributed by atoms with E-state index in [0.29, 0.717) is 30.4 Å². The number of aliphatic hydroxyl groups is 1. The van der Waals surface area contributed by atoms with Crippen LogP contribution in [-0.2, 0) is 0 Å². The molecule has 0 saturated carbocycles. The molecule has 1 heterocycles. The molecular weight excluding hydrogens is 292 g/mol. The average molecular weight is 316 g/mol. The van der Waals surface area contributed by atoms with Crippen molar-refractivity contribution in [3.05, 3.63) is 42.2 Å². The zero-order valence-corrected chi connectivity index (χ0v) is 13.6. The molecule has 1 amide bonds. The smallest absolute Gasteiger partial charge is 0.251 e. The lowest BCUT2D eigenvalue weighted by Gasteiger charge is -2.18. The van der Waals surface area contributed by atoms with Crippen LogP contribution in [0.3, 0.4) is 0 Å². The molecule has 2 N–H and O–H groups in total. The van der Waals surface area contributed by atoms with Crippen LogP contribution in [0.4, 0.5) is 0 Å². The quantitative estimate of drug-likeness (QED) is 0.781. The minimum absolute atomic E-state index is 0.112. The molecule has 0 fully saturated rings. The summed E-state index contributed by atoms with van der Waals surface area (Å²) in [6.07, 6.45) is 5.02. The van der Waals surface area contributed by atoms with Gasteiger partial charge in [-0.25, -0.2) is 4.68 Å². The molecule has 124 valence electrons. The Morgan fingerprint density at radius 1 is 1.39 bits per heavy atom. The van der Waals surface area contributed by atoms with Crippen LogP contribution < -0.4 is 5.32 Å². The van der Waals surface area contributed by atoms with Crippen molar-refractivity contribution in [1.29, 1.82) is 0 Å². The maximum Gasteiger partial charge on any atom is 0.251 e. The van der Waals surface area contributed by atoms with Gasteiger partial charge < -0.3 is 10.4 Å². The predicted molar refractivity (Wildman–Crippen MR) is 88.3 cm³/mol. The number of aliphatic hydroxyl groups excluding tert-OH is 1. The zero-order valence-electron chi connectivity index (χ0n) is 13.6. The van der Waals surface area contributed by atoms with E-state index >= 15 is 0 Å². The molecule has 1 unspecified atom stereocenters. The Bertz CT molecular complexity index is 611. The van der Waals surface area contributed by atoms with Gasteiger partial charge in [0.25, 0.3) is 5.91 Å². The van der Waals surface area contributed by atoms with E-state index in [4.69, 9.17) is 5.11 Å². The summed E-state index contributed by atoms with van der Waals surface area (Å²) in [5, 5.41) is 19.8. The highest BCUT2D eigenvalue weighted by Gasteiger charge is 2.13. The van der Waals surface area contributed by atoms with E-state index in [9.17, 15) is 4.79 Å². The van der Waals surface area contributed by atoms with Gasteiger partial charge in [-0.2, -0.15) is 0 Å². The van der Waals surface area contributed by atoms with Crippen molar-refractivity contribution in [2.24, 2.45) is 11.8 Å². The van der Waals surface area contributed by atoms with Crippen LogP contribution in [0, 0.1) is 11.8 Å². The molecule has 1 aromatic heterocycles. The van der Waals surface area contributed by atoms with E-state index in [1.807, 2.05) is 12.1 Å². The van der Waals surface area contributed by atoms with Crippen LogP contribution in [0.1, 0.15) is 37.0 Å². The first-order valence-corrected chi connectivity index (χ1v) is 7.96. The third-order valence-electron chi connectivity index (χ3n) is 3.69. The molecule has 1 aromatic carbocycles. The first kappa shape index (κ1) is 17.1. The molecule has 2 rings (SSSR count). The van der Waals surface area contributed by atoms with Gasteiger partial charge in [0.05, 0.1) is 18.1 Å². The van der Waals surface area contributed by atoms with Gasteiger partial charge >= 0.3 is 0 Å². The van der Waals surface area contributed by atoms with E-state index in [-0.39, 0.29) is 12.5 Å². The highest BCUT2D eigenvalue weighted by atomic mass is 16.3. The van der Waals surface area contributed by atoms with Crippen LogP contribution in [0.15, 0.2) is 36.7 Å². The fourth-order valence-electron chi connectivity index (χ4n) is 2.63. The van der Waals surface area contributed by atoms with Gasteiger partial charge in [0, 0.05) is 18.7 Å². The maximum atomic E-state index is 12.3. The zero-order chi connectivity index (χ0) is 16.7. The van der Waals surface area contributed by atoms with Crippen molar-refractivity contribution in [2.75, 3.05) is 13.2 Å². The van der Waals surface area contributed by atoms with Crippen LogP contribution in [0.2, 0.25) is 0 Å². The molecule has 0 spiro atoms. The Balaban J connectivity index is 1.99. The van der Waals surface area contributed by atoms with E-state index in [1.54, 1.807) is 29.2 Å². The van der Waals surface area contributed by atoms with Gasteiger partial charge in [0.1, 0.15) is 0 Å². The minimum Gasteiger partial charge on any atom is -0.396 e. The number of amides is 1. The number of hydrogen-bond acceptors (Lipinski definition) is 4. The van der Waals surface area contributed by atoms with Crippen molar-refractivity contribution < 1.29 is 9.90 Å². The third kappa shape index (κ3) is 5.17. The van der Waals surface area contributed by atoms with Crippen LogP contribution in [-0.4, -0.2) is 39.2 Å². The van der Waals surface area contributed by atoms with Crippen LogP contribution in [0.25, 0.3) is 5.69 Å². The van der Waals surface area contributed by atoms with Crippen LogP contribution >= 0.6 is 0 Å². The van der Waals surface area contributed by atoms with E-state index in [2.05, 4.69) is 29.5 Å². The summed E-state index contributed by atoms with van der Waals surface area (Å²) in [7, 11) is 0. The largest absolute Gasteiger partial charge is 0.396 e. The first-order valence-electron chi connectivity index (χ1n) is 7.96. The molecular formula is C17H24N4O2. The Kier molecular flexibility index (Phi) is 6.29. The highest BCUT2D eigenvalue weighted by Crippen LogP contribution is 2.15. The lowest BCUT2D eigenvalue weighted by Crippen LogP contribution is -2.30. The van der Waals surface area contributed by atoms with Crippen molar-refractivity contribution in [1.82, 2.24) is 20.3 Å². The minimum atomic E-state index is -0.112. The third-order valence-corrected chi connectivity index (χ3v) is 3.69. The summed E-state index contributed by atoms with van der Waals surface area (Å²) in [6.45, 7) is 5.02. The second-order valence-corrected chi connectivity index (χ2v) is 6.12. The van der Waals surface area contributed by atoms with Gasteiger partial charge in [0.15, 0.2) is 0 Å². The molecule has 1 atom stereocenters. The van der Waals surface area contributed by atoms with Gasteiger partial charge in [0.2, 0.25) is 0 Å². The van der Waals surface area contributed by atoms with Gasteiger partial charge in [-0.1, -0.05) is 25.1 Å². The second-order valence-electron chi connectivity index (χ2n) is 6.12. The summed E-state index contributed by atoms with van der Waals surface area (Å²) in [5.74, 6) is 0.722. The number of carbonyl (C=O) groups excluding carboxylic acids is 1. The highest BCUT2D eigenvalue weighted by molar-refractivity contribution is 5.94. The standard InChI is InChI=1S/C17H24N4O2/c1-13(2)10-14(6-9-22)12-18-17(23)15-4-3-5-16(11-15)21-8-7-19-20-21/h3-5,7-8,11,13-14,22H,6,9-10,12H2,1-2H3,(H,18,23). The fraction of sp³-hybridized carbons (Fsp3) is 0.471. The molecule has 0 saturated heterocycles. The Labute approximate surface area is 136 Å². The molecule has 23 heavy (non-hydrogen) atoms. The summed E-state index contributed by atoms with van der Waals surface area (Å²) in [4.78, 5) is 12.3. The number of hydrogen-bond donors (Lipinski definition) is 2. The molecule has 2 aromatic rings. The summed E-state index contributed by atoms with van der Waals surface area (Å²) in [5.41, 5.74) is 1.38. The SMILES string of the molecule is CC(C)CC(CCO)CNC(=O)c1cccc(-n2ccnn2)c1. The van der Waals surface area contributed by atoms with Crippen molar-refractivity contribution in [3.63, 3.8) is 0 Å². The molecule has 6 nitrogen and oxygen atoms in total. The van der Waals surface area contributed by atoms with Gasteiger partial charge in [-0.3, -0.25) is 4.79 Å². The fourth-order valence-corrected chi connectivity index (χ4v) is 2.63. The monoisotopic (exact) mass is 316 g/mol. The Morgan fingerprint density at radius 2 is 2.22 bits per heavy atom. The molecule has 0 aliphatic heterocycles. The lowest BCUT2D eigenvalue weighted by molar-refractivity contribution is 0.0941. The van der Waals surface area contributed by atoms with Crippen molar-refractivity contribution >= 4 is 5.91 Å². The first-order chi connectivity index (χ1) is 11.1. The normalized spacial score (nSPS) is 12.3. The predicted octanol–water partition coefficient (Wildman–Crippen LogP) is 2.04. The van der Waals surface area contributed by atoms with E-state index in [0.717, 1.165) is 12.1 Å². The van der Waals surface area contributed by atoms with E-state index < -0.39 is 0 Å². The van der Waals surface area contributed by atoms with Crippen molar-refractivity contribution in [2.45, 2.75) is 26.7 Å². The van der Waals surface area contributed by atoms with Gasteiger partial charge in [-0.15, -0.1) is 5.10 Å². The summed E-state index contributed by atoms with van der Waals surface area (Å²) < 4.78 is 1.62. The number of benzene rings is 1. The molecule has 0 aliphatic rings. The van der Waals surface area contributed by atoms with Crippen molar-refractivity contribution in [3.8, 4) is 5.69 Å². The second kappa shape index (κ2) is 8.43. The summed E-state index contributed by atoms with van der Waals surface area (Å²) >= 11 is 0. The lowest BCUT2D eigenvalue weighted by atomic mass is 9.94. The number of aromatic nitrogens is 3. The molecule has 0 aliphatic carbocycles. The molecule has 6 heteroatoms. The van der Waals surface area contributed by atoms with Gasteiger partial charge in [-0.05, 0) is 42.9 Å². The summed E-state index contributed by atoms with van der Waals surface area (Å²) in [6, 6.07) is 7.26. The maximum absolute atomic E-state index is 12.3. The average Bonchev–Trinajstić information content (AvgIpc) is 3.06. The topological polar surface area (TPSA) is 80.0 Å². The number of rotatable bonds is 8. The Morgan fingerprint density at radius 3 is 2.87 bits per heavy atom. The number of carbonyl (C=O) groups is 1. The number of nitrogens with one attached hydrogen (secondary N) is 1. The van der Waals surface area contributed by atoms with E-state index in [1.165, 1.54) is 0 Å². The molecule has 0 bridgehead atoms. The number of nitrogens with zero attached hydrogens (tertiary/aromatic N) is 3. The molecule has 0 radical (unpaired) electrons. The Hall–Kier alpha value is -2.21. The van der Waals surface area contributed by atoms with Crippen LogP contribution in [0.5, 0.6) is 0 Å².